The summed E-state index contributed by atoms with van der Waals surface area (Å²) in [4.78, 5) is 18.1. The molecule has 0 saturated carbocycles. The van der Waals surface area contributed by atoms with E-state index in [1.807, 2.05) is 60.7 Å². The van der Waals surface area contributed by atoms with Gasteiger partial charge in [-0.1, -0.05) is 72.0 Å². The largest absolute Gasteiger partial charge is 0.478 e. The second kappa shape index (κ2) is 7.73. The molecule has 6 heteroatoms. The molecule has 1 aromatic heterocycles. The van der Waals surface area contributed by atoms with Crippen LogP contribution in [0.25, 0.3) is 0 Å². The van der Waals surface area contributed by atoms with Crippen LogP contribution in [0.1, 0.15) is 28.1 Å². The van der Waals surface area contributed by atoms with E-state index in [9.17, 15) is 9.90 Å². The molecule has 144 valence electrons. The van der Waals surface area contributed by atoms with E-state index < -0.39 is 17.7 Å². The highest BCUT2D eigenvalue weighted by Crippen LogP contribution is 2.40. The summed E-state index contributed by atoms with van der Waals surface area (Å²) in [5.41, 5.74) is 1.12. The summed E-state index contributed by atoms with van der Waals surface area (Å²) in [6.07, 6.45) is 1.68. The third-order valence-corrected chi connectivity index (χ3v) is 6.16. The zero-order valence-electron chi connectivity index (χ0n) is 15.5. The number of carbonyl (C=O) groups is 1. The van der Waals surface area contributed by atoms with Crippen LogP contribution in [0.5, 0.6) is 5.19 Å². The highest BCUT2D eigenvalue weighted by Gasteiger charge is 2.49. The molecule has 28 heavy (non-hydrogen) atoms. The Morgan fingerprint density at radius 2 is 1.68 bits per heavy atom. The molecule has 0 spiro atoms. The highest BCUT2D eigenvalue weighted by atomic mass is 32.1. The first-order valence-electron chi connectivity index (χ1n) is 9.19. The Kier molecular flexibility index (Phi) is 5.15. The molecule has 3 aromatic rings. The van der Waals surface area contributed by atoms with Gasteiger partial charge in [-0.05, 0) is 30.4 Å². The lowest BCUT2D eigenvalue weighted by Gasteiger charge is -2.37. The van der Waals surface area contributed by atoms with E-state index in [0.717, 1.165) is 25.0 Å². The van der Waals surface area contributed by atoms with E-state index >= 15 is 0 Å². The molecule has 1 atom stereocenters. The molecular weight excluding hydrogens is 374 g/mol. The number of fused-ring (bicyclic) bond motifs is 1. The highest BCUT2D eigenvalue weighted by molar-refractivity contribution is 7.13. The second-order valence-electron chi connectivity index (χ2n) is 6.71. The van der Waals surface area contributed by atoms with Gasteiger partial charge in [-0.3, -0.25) is 0 Å². The normalized spacial score (nSPS) is 14.5. The fraction of sp³-hybridized carbons (Fsp3) is 0.273. The van der Waals surface area contributed by atoms with Crippen molar-refractivity contribution in [2.45, 2.75) is 31.0 Å². The van der Waals surface area contributed by atoms with Gasteiger partial charge in [-0.25, -0.2) is 9.78 Å². The van der Waals surface area contributed by atoms with Crippen LogP contribution in [-0.4, -0.2) is 29.3 Å². The van der Waals surface area contributed by atoms with Crippen LogP contribution in [0.3, 0.4) is 0 Å². The van der Waals surface area contributed by atoms with Crippen LogP contribution in [0.15, 0.2) is 60.7 Å². The van der Waals surface area contributed by atoms with Crippen molar-refractivity contribution in [2.24, 2.45) is 0 Å². The number of ether oxygens (including phenoxy) is 2. The Bertz CT molecular complexity index is 894. The van der Waals surface area contributed by atoms with Crippen LogP contribution in [0.4, 0.5) is 0 Å². The molecule has 1 heterocycles. The van der Waals surface area contributed by atoms with Gasteiger partial charge in [0.05, 0.1) is 5.69 Å². The molecule has 1 aliphatic rings. The number of nitrogens with zero attached hydrogens (tertiary/aromatic N) is 1. The van der Waals surface area contributed by atoms with Crippen molar-refractivity contribution < 1.29 is 19.4 Å². The smallest absolute Gasteiger partial charge is 0.348 e. The Balaban J connectivity index is 1.83. The lowest BCUT2D eigenvalue weighted by molar-refractivity contribution is -0.160. The van der Waals surface area contributed by atoms with Crippen molar-refractivity contribution in [3.8, 4) is 5.19 Å². The van der Waals surface area contributed by atoms with Gasteiger partial charge in [0.15, 0.2) is 5.60 Å². The first-order chi connectivity index (χ1) is 13.6. The van der Waals surface area contributed by atoms with Crippen molar-refractivity contribution in [2.75, 3.05) is 7.11 Å². The Morgan fingerprint density at radius 3 is 2.18 bits per heavy atom. The number of benzene rings is 2. The van der Waals surface area contributed by atoms with E-state index in [4.69, 9.17) is 9.47 Å². The average Bonchev–Trinajstić information content (AvgIpc) is 3.31. The van der Waals surface area contributed by atoms with Crippen molar-refractivity contribution in [1.29, 1.82) is 0 Å². The molecule has 4 rings (SSSR count). The molecule has 2 aromatic carbocycles. The Hall–Kier alpha value is -2.70. The number of carboxylic acids is 1. The summed E-state index contributed by atoms with van der Waals surface area (Å²) in [6.45, 7) is 0. The quantitative estimate of drug-likeness (QED) is 0.654. The molecule has 0 amide bonds. The number of aromatic nitrogens is 1. The molecule has 0 aliphatic heterocycles. The van der Waals surface area contributed by atoms with Crippen molar-refractivity contribution >= 4 is 17.3 Å². The summed E-state index contributed by atoms with van der Waals surface area (Å²) in [7, 11) is 1.52. The fourth-order valence-corrected chi connectivity index (χ4v) is 4.83. The minimum Gasteiger partial charge on any atom is -0.478 e. The van der Waals surface area contributed by atoms with Crippen LogP contribution in [-0.2, 0) is 28.0 Å². The standard InChI is InChI=1S/C22H21NO4S/c1-26-22(15-9-4-2-5-10-15,16-11-6-3-7-12-16)19(20(24)25)27-21-23-17-13-8-14-18(17)28-21/h2-7,9-12,19H,8,13-14H2,1H3,(H,24,25)/t19-/m1/s1. The van der Waals surface area contributed by atoms with E-state index in [0.29, 0.717) is 16.3 Å². The number of thiazole rings is 1. The number of aryl methyl sites for hydroxylation is 2. The summed E-state index contributed by atoms with van der Waals surface area (Å²) in [6, 6.07) is 18.7. The van der Waals surface area contributed by atoms with Gasteiger partial charge in [0.2, 0.25) is 6.10 Å². The maximum absolute atomic E-state index is 12.4. The molecular formula is C22H21NO4S. The summed E-state index contributed by atoms with van der Waals surface area (Å²) in [5, 5.41) is 10.5. The zero-order valence-corrected chi connectivity index (χ0v) is 16.3. The first kappa shape index (κ1) is 18.7. The third kappa shape index (κ3) is 3.19. The van der Waals surface area contributed by atoms with Crippen molar-refractivity contribution in [1.82, 2.24) is 4.98 Å². The SMILES string of the molecule is COC(c1ccccc1)(c1ccccc1)[C@H](Oc1nc2c(s1)CCC2)C(=O)O. The Labute approximate surface area is 167 Å². The van der Waals surface area contributed by atoms with Gasteiger partial charge in [-0.2, -0.15) is 0 Å². The van der Waals surface area contributed by atoms with E-state index in [-0.39, 0.29) is 0 Å². The van der Waals surface area contributed by atoms with Gasteiger partial charge in [0.1, 0.15) is 0 Å². The van der Waals surface area contributed by atoms with E-state index in [1.54, 1.807) is 0 Å². The minimum absolute atomic E-state index is 0.380. The molecule has 0 fully saturated rings. The van der Waals surface area contributed by atoms with Crippen LogP contribution in [0.2, 0.25) is 0 Å². The first-order valence-corrected chi connectivity index (χ1v) is 10.0. The average molecular weight is 395 g/mol. The number of hydrogen-bond acceptors (Lipinski definition) is 5. The van der Waals surface area contributed by atoms with Crippen LogP contribution < -0.4 is 4.74 Å². The Morgan fingerprint density at radius 1 is 1.07 bits per heavy atom. The molecule has 1 N–H and O–H groups in total. The summed E-state index contributed by atoms with van der Waals surface area (Å²) < 4.78 is 12.0. The van der Waals surface area contributed by atoms with Gasteiger partial charge >= 0.3 is 5.97 Å². The monoisotopic (exact) mass is 395 g/mol. The van der Waals surface area contributed by atoms with Crippen LogP contribution >= 0.6 is 11.3 Å². The molecule has 0 saturated heterocycles. The van der Waals surface area contributed by atoms with E-state index in [2.05, 4.69) is 4.98 Å². The fourth-order valence-electron chi connectivity index (χ4n) is 3.81. The maximum Gasteiger partial charge on any atom is 0.348 e. The lowest BCUT2D eigenvalue weighted by atomic mass is 9.81. The predicted molar refractivity (Wildman–Crippen MR) is 107 cm³/mol. The third-order valence-electron chi connectivity index (χ3n) is 5.12. The van der Waals surface area contributed by atoms with Gasteiger partial charge < -0.3 is 14.6 Å². The number of rotatable bonds is 7. The zero-order chi connectivity index (χ0) is 19.6. The van der Waals surface area contributed by atoms with E-state index in [1.165, 1.54) is 23.3 Å². The van der Waals surface area contributed by atoms with Crippen molar-refractivity contribution in [3.05, 3.63) is 82.4 Å². The minimum atomic E-state index is -1.32. The number of aliphatic carboxylic acids is 1. The summed E-state index contributed by atoms with van der Waals surface area (Å²) in [5.74, 6) is -1.11. The van der Waals surface area contributed by atoms with Gasteiger partial charge in [0, 0.05) is 12.0 Å². The van der Waals surface area contributed by atoms with Gasteiger partial charge in [-0.15, -0.1) is 0 Å². The number of hydrogen-bond donors (Lipinski definition) is 1. The maximum atomic E-state index is 12.4. The number of methoxy groups -OCH3 is 1. The molecule has 0 radical (unpaired) electrons. The second-order valence-corrected chi connectivity index (χ2v) is 7.76. The predicted octanol–water partition coefficient (Wildman–Crippen LogP) is 4.05. The van der Waals surface area contributed by atoms with Crippen LogP contribution in [0, 0.1) is 0 Å². The molecule has 1 aliphatic carbocycles. The van der Waals surface area contributed by atoms with Crippen molar-refractivity contribution in [3.63, 3.8) is 0 Å². The lowest BCUT2D eigenvalue weighted by Crippen LogP contribution is -2.50. The topological polar surface area (TPSA) is 68.7 Å². The number of carboxylic acid groups (broad SMARTS) is 1. The molecule has 5 nitrogen and oxygen atoms in total. The molecule has 0 unspecified atom stereocenters. The van der Waals surface area contributed by atoms with Gasteiger partial charge in [0.25, 0.3) is 5.19 Å². The summed E-state index contributed by atoms with van der Waals surface area (Å²) >= 11 is 1.43. The molecule has 0 bridgehead atoms.